The highest BCUT2D eigenvalue weighted by Gasteiger charge is 2.29. The SMILES string of the molecule is CC(C)(C)OC(=O)N1CCC(NCc2cccc3c2NCC3)C1. The predicted molar refractivity (Wildman–Crippen MR) is 91.7 cm³/mol. The first-order valence-corrected chi connectivity index (χ1v) is 8.48. The number of hydrogen-bond donors (Lipinski definition) is 2. The minimum Gasteiger partial charge on any atom is -0.444 e. The number of hydrogen-bond acceptors (Lipinski definition) is 4. The van der Waals surface area contributed by atoms with E-state index in [-0.39, 0.29) is 6.09 Å². The van der Waals surface area contributed by atoms with Crippen LogP contribution >= 0.6 is 0 Å². The van der Waals surface area contributed by atoms with Gasteiger partial charge in [-0.25, -0.2) is 4.79 Å². The van der Waals surface area contributed by atoms with E-state index in [1.165, 1.54) is 16.8 Å². The topological polar surface area (TPSA) is 53.6 Å². The third kappa shape index (κ3) is 3.96. The van der Waals surface area contributed by atoms with E-state index >= 15 is 0 Å². The smallest absolute Gasteiger partial charge is 0.410 e. The maximum atomic E-state index is 12.1. The number of para-hydroxylation sites is 1. The zero-order valence-corrected chi connectivity index (χ0v) is 14.3. The lowest BCUT2D eigenvalue weighted by Crippen LogP contribution is -2.38. The molecule has 1 aromatic rings. The molecule has 1 fully saturated rings. The fourth-order valence-corrected chi connectivity index (χ4v) is 3.23. The Morgan fingerprint density at radius 3 is 3.04 bits per heavy atom. The Kier molecular flexibility index (Phi) is 4.48. The van der Waals surface area contributed by atoms with Crippen LogP contribution in [-0.2, 0) is 17.7 Å². The molecule has 0 spiro atoms. The third-order valence-electron chi connectivity index (χ3n) is 4.35. The standard InChI is InChI=1S/C18H27N3O2/c1-18(2,3)23-17(22)21-10-8-15(12-21)20-11-14-6-4-5-13-7-9-19-16(13)14/h4-6,15,19-20H,7-12H2,1-3H3. The molecule has 1 saturated heterocycles. The summed E-state index contributed by atoms with van der Waals surface area (Å²) in [7, 11) is 0. The van der Waals surface area contributed by atoms with Crippen LogP contribution < -0.4 is 10.6 Å². The van der Waals surface area contributed by atoms with Crippen molar-refractivity contribution in [3.63, 3.8) is 0 Å². The number of anilines is 1. The van der Waals surface area contributed by atoms with Crippen LogP contribution in [0.4, 0.5) is 10.5 Å². The third-order valence-corrected chi connectivity index (χ3v) is 4.35. The molecule has 2 heterocycles. The van der Waals surface area contributed by atoms with Crippen LogP contribution in [0, 0.1) is 0 Å². The fourth-order valence-electron chi connectivity index (χ4n) is 3.23. The molecule has 2 aliphatic heterocycles. The summed E-state index contributed by atoms with van der Waals surface area (Å²) in [6.07, 6.45) is 1.88. The highest BCUT2D eigenvalue weighted by molar-refractivity contribution is 5.68. The Morgan fingerprint density at radius 1 is 1.43 bits per heavy atom. The van der Waals surface area contributed by atoms with Gasteiger partial charge >= 0.3 is 6.09 Å². The van der Waals surface area contributed by atoms with E-state index in [1.807, 2.05) is 20.8 Å². The quantitative estimate of drug-likeness (QED) is 0.900. The highest BCUT2D eigenvalue weighted by atomic mass is 16.6. The molecule has 1 amide bonds. The monoisotopic (exact) mass is 317 g/mol. The second-order valence-corrected chi connectivity index (χ2v) is 7.42. The summed E-state index contributed by atoms with van der Waals surface area (Å²) in [5, 5.41) is 7.06. The minimum absolute atomic E-state index is 0.205. The van der Waals surface area contributed by atoms with Crippen LogP contribution in [0.1, 0.15) is 38.3 Å². The second kappa shape index (κ2) is 6.40. The highest BCUT2D eigenvalue weighted by Crippen LogP contribution is 2.26. The van der Waals surface area contributed by atoms with Crippen LogP contribution in [0.2, 0.25) is 0 Å². The van der Waals surface area contributed by atoms with Crippen molar-refractivity contribution in [1.29, 1.82) is 0 Å². The molecule has 0 aromatic heterocycles. The molecule has 5 nitrogen and oxygen atoms in total. The molecule has 1 atom stereocenters. The number of nitrogens with one attached hydrogen (secondary N) is 2. The molecule has 0 aliphatic carbocycles. The Bertz CT molecular complexity index is 580. The number of fused-ring (bicyclic) bond motifs is 1. The first-order valence-electron chi connectivity index (χ1n) is 8.48. The van der Waals surface area contributed by atoms with Gasteiger partial charge in [0.2, 0.25) is 0 Å². The number of rotatable bonds is 3. The second-order valence-electron chi connectivity index (χ2n) is 7.42. The van der Waals surface area contributed by atoms with Gasteiger partial charge in [0.15, 0.2) is 0 Å². The number of amides is 1. The lowest BCUT2D eigenvalue weighted by atomic mass is 10.1. The number of nitrogens with zero attached hydrogens (tertiary/aromatic N) is 1. The first kappa shape index (κ1) is 16.1. The van der Waals surface area contributed by atoms with Crippen molar-refractivity contribution in [1.82, 2.24) is 10.2 Å². The van der Waals surface area contributed by atoms with Crippen LogP contribution in [0.15, 0.2) is 18.2 Å². The van der Waals surface area contributed by atoms with Gasteiger partial charge in [0.25, 0.3) is 0 Å². The van der Waals surface area contributed by atoms with Gasteiger partial charge in [0.1, 0.15) is 5.60 Å². The zero-order valence-electron chi connectivity index (χ0n) is 14.3. The van der Waals surface area contributed by atoms with Crippen molar-refractivity contribution >= 4 is 11.8 Å². The molecule has 1 unspecified atom stereocenters. The average Bonchev–Trinajstić information content (AvgIpc) is 3.12. The summed E-state index contributed by atoms with van der Waals surface area (Å²) in [6.45, 7) is 9.05. The molecule has 5 heteroatoms. The summed E-state index contributed by atoms with van der Waals surface area (Å²) < 4.78 is 5.44. The molecule has 2 N–H and O–H groups in total. The van der Waals surface area contributed by atoms with Gasteiger partial charge < -0.3 is 20.3 Å². The maximum absolute atomic E-state index is 12.1. The predicted octanol–water partition coefficient (Wildman–Crippen LogP) is 2.75. The number of carbonyl (C=O) groups excluding carboxylic acids is 1. The summed E-state index contributed by atoms with van der Waals surface area (Å²) in [5.74, 6) is 0. The van der Waals surface area contributed by atoms with Gasteiger partial charge in [-0.05, 0) is 44.7 Å². The van der Waals surface area contributed by atoms with Crippen molar-refractivity contribution in [2.45, 2.75) is 51.8 Å². The fraction of sp³-hybridized carbons (Fsp3) is 0.611. The van der Waals surface area contributed by atoms with E-state index in [2.05, 4.69) is 28.8 Å². The number of carbonyl (C=O) groups is 1. The van der Waals surface area contributed by atoms with Gasteiger partial charge in [-0.3, -0.25) is 0 Å². The molecule has 3 rings (SSSR count). The average molecular weight is 317 g/mol. The van der Waals surface area contributed by atoms with Crippen molar-refractivity contribution in [3.05, 3.63) is 29.3 Å². The van der Waals surface area contributed by atoms with E-state index < -0.39 is 5.60 Å². The van der Waals surface area contributed by atoms with Gasteiger partial charge in [-0.2, -0.15) is 0 Å². The Hall–Kier alpha value is -1.75. The molecule has 126 valence electrons. The van der Waals surface area contributed by atoms with Crippen LogP contribution in [0.3, 0.4) is 0 Å². The van der Waals surface area contributed by atoms with Gasteiger partial charge in [-0.1, -0.05) is 18.2 Å². The van der Waals surface area contributed by atoms with E-state index in [1.54, 1.807) is 4.90 Å². The van der Waals surface area contributed by atoms with E-state index in [9.17, 15) is 4.79 Å². The van der Waals surface area contributed by atoms with Gasteiger partial charge in [0, 0.05) is 37.9 Å². The summed E-state index contributed by atoms with van der Waals surface area (Å²) in [5.41, 5.74) is 3.59. The number of ether oxygens (including phenoxy) is 1. The van der Waals surface area contributed by atoms with Crippen LogP contribution in [-0.4, -0.2) is 42.3 Å². The van der Waals surface area contributed by atoms with Crippen molar-refractivity contribution < 1.29 is 9.53 Å². The lowest BCUT2D eigenvalue weighted by molar-refractivity contribution is 0.0291. The molecule has 1 aromatic carbocycles. The lowest BCUT2D eigenvalue weighted by Gasteiger charge is -2.24. The number of likely N-dealkylation sites (tertiary alicyclic amines) is 1. The maximum Gasteiger partial charge on any atom is 0.410 e. The zero-order chi connectivity index (χ0) is 16.4. The molecule has 23 heavy (non-hydrogen) atoms. The largest absolute Gasteiger partial charge is 0.444 e. The van der Waals surface area contributed by atoms with Crippen molar-refractivity contribution in [2.75, 3.05) is 25.0 Å². The molecular weight excluding hydrogens is 290 g/mol. The summed E-state index contributed by atoms with van der Waals surface area (Å²) >= 11 is 0. The molecule has 0 bridgehead atoms. The van der Waals surface area contributed by atoms with Crippen LogP contribution in [0.25, 0.3) is 0 Å². The first-order chi connectivity index (χ1) is 10.9. The summed E-state index contributed by atoms with van der Waals surface area (Å²) in [6, 6.07) is 6.83. The van der Waals surface area contributed by atoms with E-state index in [0.717, 1.165) is 39.0 Å². The molecule has 2 aliphatic rings. The van der Waals surface area contributed by atoms with Gasteiger partial charge in [-0.15, -0.1) is 0 Å². The normalized spacial score (nSPS) is 20.3. The van der Waals surface area contributed by atoms with Crippen molar-refractivity contribution in [3.8, 4) is 0 Å². The minimum atomic E-state index is -0.432. The van der Waals surface area contributed by atoms with Gasteiger partial charge in [0.05, 0.1) is 0 Å². The van der Waals surface area contributed by atoms with E-state index in [4.69, 9.17) is 4.74 Å². The summed E-state index contributed by atoms with van der Waals surface area (Å²) in [4.78, 5) is 13.9. The van der Waals surface area contributed by atoms with Crippen LogP contribution in [0.5, 0.6) is 0 Å². The van der Waals surface area contributed by atoms with Crippen molar-refractivity contribution in [2.24, 2.45) is 0 Å². The molecule has 0 saturated carbocycles. The Labute approximate surface area is 138 Å². The Morgan fingerprint density at radius 2 is 2.26 bits per heavy atom. The molecular formula is C18H27N3O2. The van der Waals surface area contributed by atoms with E-state index in [0.29, 0.717) is 6.04 Å². The Balaban J connectivity index is 1.51. The number of benzene rings is 1. The molecule has 0 radical (unpaired) electrons.